The zero-order valence-electron chi connectivity index (χ0n) is 15.3. The van der Waals surface area contributed by atoms with Gasteiger partial charge < -0.3 is 9.47 Å². The average Bonchev–Trinajstić information content (AvgIpc) is 2.96. The van der Waals surface area contributed by atoms with Crippen molar-refractivity contribution in [3.8, 4) is 5.75 Å². The van der Waals surface area contributed by atoms with E-state index in [1.165, 1.54) is 6.08 Å². The third kappa shape index (κ3) is 4.96. The van der Waals surface area contributed by atoms with Crippen LogP contribution in [0, 0.1) is 0 Å². The molecule has 0 bridgehead atoms. The van der Waals surface area contributed by atoms with Crippen LogP contribution in [0.25, 0.3) is 6.08 Å². The lowest BCUT2D eigenvalue weighted by Gasteiger charge is -2.14. The SMILES string of the molecule is CCOC(=O)COc1ccc(Br)cc1/C=C1/C(=O)NN(c2cccc(Cl)c2)C1=O. The monoisotopic (exact) mass is 478 g/mol. The van der Waals surface area contributed by atoms with Gasteiger partial charge in [-0.25, -0.2) is 9.80 Å². The summed E-state index contributed by atoms with van der Waals surface area (Å²) in [5.74, 6) is -1.29. The Bertz CT molecular complexity index is 1010. The molecular weight excluding hydrogens is 464 g/mol. The van der Waals surface area contributed by atoms with Crippen molar-refractivity contribution in [3.63, 3.8) is 0 Å². The van der Waals surface area contributed by atoms with Gasteiger partial charge in [-0.3, -0.25) is 15.0 Å². The minimum absolute atomic E-state index is 0.0796. The van der Waals surface area contributed by atoms with Gasteiger partial charge in [-0.1, -0.05) is 33.6 Å². The maximum atomic E-state index is 12.8. The third-order valence-electron chi connectivity index (χ3n) is 3.88. The van der Waals surface area contributed by atoms with Crippen LogP contribution in [0.1, 0.15) is 12.5 Å². The molecule has 1 fully saturated rings. The number of rotatable bonds is 6. The lowest BCUT2D eigenvalue weighted by Crippen LogP contribution is -2.35. The highest BCUT2D eigenvalue weighted by atomic mass is 79.9. The number of benzene rings is 2. The zero-order valence-corrected chi connectivity index (χ0v) is 17.6. The summed E-state index contributed by atoms with van der Waals surface area (Å²) in [5, 5.41) is 1.56. The van der Waals surface area contributed by atoms with E-state index in [1.807, 2.05) is 0 Å². The van der Waals surface area contributed by atoms with Gasteiger partial charge in [0.25, 0.3) is 11.8 Å². The maximum absolute atomic E-state index is 12.8. The minimum atomic E-state index is -0.564. The maximum Gasteiger partial charge on any atom is 0.344 e. The number of ether oxygens (including phenoxy) is 2. The summed E-state index contributed by atoms with van der Waals surface area (Å²) in [5.41, 5.74) is 3.32. The number of carbonyl (C=O) groups is 3. The summed E-state index contributed by atoms with van der Waals surface area (Å²) in [6.45, 7) is 1.65. The minimum Gasteiger partial charge on any atom is -0.481 e. The van der Waals surface area contributed by atoms with Crippen molar-refractivity contribution < 1.29 is 23.9 Å². The van der Waals surface area contributed by atoms with E-state index in [4.69, 9.17) is 21.1 Å². The predicted molar refractivity (Wildman–Crippen MR) is 111 cm³/mol. The summed E-state index contributed by atoms with van der Waals surface area (Å²) in [7, 11) is 0. The van der Waals surface area contributed by atoms with Crippen LogP contribution in [0.3, 0.4) is 0 Å². The van der Waals surface area contributed by atoms with Crippen LogP contribution in [0.4, 0.5) is 5.69 Å². The molecule has 0 atom stereocenters. The Balaban J connectivity index is 1.89. The summed E-state index contributed by atoms with van der Waals surface area (Å²) >= 11 is 9.32. The number of hydrazine groups is 1. The van der Waals surface area contributed by atoms with E-state index in [2.05, 4.69) is 21.4 Å². The highest BCUT2D eigenvalue weighted by Crippen LogP contribution is 2.28. The van der Waals surface area contributed by atoms with Crippen LogP contribution in [0.5, 0.6) is 5.75 Å². The van der Waals surface area contributed by atoms with Crippen molar-refractivity contribution in [1.82, 2.24) is 5.43 Å². The largest absolute Gasteiger partial charge is 0.481 e. The lowest BCUT2D eigenvalue weighted by atomic mass is 10.1. The summed E-state index contributed by atoms with van der Waals surface area (Å²) in [6, 6.07) is 11.6. The van der Waals surface area contributed by atoms with Crippen molar-refractivity contribution in [3.05, 3.63) is 63.1 Å². The van der Waals surface area contributed by atoms with Gasteiger partial charge in [-0.05, 0) is 49.4 Å². The molecule has 0 aliphatic carbocycles. The smallest absolute Gasteiger partial charge is 0.344 e. The number of nitrogens with one attached hydrogen (secondary N) is 1. The van der Waals surface area contributed by atoms with Crippen molar-refractivity contribution in [1.29, 1.82) is 0 Å². The number of hydrogen-bond donors (Lipinski definition) is 1. The van der Waals surface area contributed by atoms with E-state index in [0.717, 1.165) is 5.01 Å². The molecule has 1 aliphatic rings. The normalized spacial score (nSPS) is 14.9. The van der Waals surface area contributed by atoms with E-state index in [9.17, 15) is 14.4 Å². The number of nitrogens with zero attached hydrogens (tertiary/aromatic N) is 1. The molecule has 2 amide bonds. The summed E-state index contributed by atoms with van der Waals surface area (Å²) in [6.07, 6.45) is 1.41. The topological polar surface area (TPSA) is 84.9 Å². The second-order valence-corrected chi connectivity index (χ2v) is 7.25. The molecule has 9 heteroatoms. The van der Waals surface area contributed by atoms with E-state index >= 15 is 0 Å². The molecule has 0 aromatic heterocycles. The Labute approximate surface area is 180 Å². The van der Waals surface area contributed by atoms with Crippen LogP contribution in [-0.2, 0) is 19.1 Å². The van der Waals surface area contributed by atoms with Crippen LogP contribution in [-0.4, -0.2) is 31.0 Å². The Morgan fingerprint density at radius 2 is 2.03 bits per heavy atom. The van der Waals surface area contributed by atoms with Crippen molar-refractivity contribution in [2.75, 3.05) is 18.2 Å². The van der Waals surface area contributed by atoms with E-state index in [1.54, 1.807) is 49.4 Å². The highest BCUT2D eigenvalue weighted by molar-refractivity contribution is 9.10. The van der Waals surface area contributed by atoms with Gasteiger partial charge in [0.2, 0.25) is 0 Å². The fraction of sp³-hybridized carbons (Fsp3) is 0.150. The average molecular weight is 480 g/mol. The predicted octanol–water partition coefficient (Wildman–Crippen LogP) is 3.51. The van der Waals surface area contributed by atoms with E-state index in [-0.39, 0.29) is 18.8 Å². The number of carbonyl (C=O) groups excluding carboxylic acids is 3. The van der Waals surface area contributed by atoms with Gasteiger partial charge in [-0.2, -0.15) is 0 Å². The molecule has 2 aromatic rings. The third-order valence-corrected chi connectivity index (χ3v) is 4.61. The first-order valence-corrected chi connectivity index (χ1v) is 9.77. The standard InChI is InChI=1S/C20H16BrClN2O5/c1-2-28-18(25)11-29-17-7-6-13(21)8-12(17)9-16-19(26)23-24(20(16)27)15-5-3-4-14(22)10-15/h3-10H,2,11H2,1H3,(H,23,26)/b16-9-. The Morgan fingerprint density at radius 3 is 2.76 bits per heavy atom. The molecule has 29 heavy (non-hydrogen) atoms. The first-order valence-electron chi connectivity index (χ1n) is 8.59. The number of halogens is 2. The number of anilines is 1. The van der Waals surface area contributed by atoms with E-state index in [0.29, 0.717) is 26.5 Å². The molecule has 1 saturated heterocycles. The Hall–Kier alpha value is -2.84. The van der Waals surface area contributed by atoms with Gasteiger partial charge in [0.1, 0.15) is 11.3 Å². The van der Waals surface area contributed by atoms with E-state index < -0.39 is 17.8 Å². The molecule has 1 aliphatic heterocycles. The number of hydrogen-bond acceptors (Lipinski definition) is 5. The van der Waals surface area contributed by atoms with Gasteiger partial charge in [-0.15, -0.1) is 0 Å². The molecule has 0 saturated carbocycles. The molecule has 1 N–H and O–H groups in total. The van der Waals surface area contributed by atoms with Crippen molar-refractivity contribution in [2.45, 2.75) is 6.92 Å². The molecule has 0 unspecified atom stereocenters. The Morgan fingerprint density at radius 1 is 1.24 bits per heavy atom. The summed E-state index contributed by atoms with van der Waals surface area (Å²) < 4.78 is 11.1. The quantitative estimate of drug-likeness (QED) is 0.389. The van der Waals surface area contributed by atoms with Gasteiger partial charge in [0.05, 0.1) is 12.3 Å². The molecular formula is C20H16BrClN2O5. The molecule has 7 nitrogen and oxygen atoms in total. The van der Waals surface area contributed by atoms with Crippen LogP contribution in [0.15, 0.2) is 52.5 Å². The number of esters is 1. The molecule has 3 rings (SSSR count). The Kier molecular flexibility index (Phi) is 6.56. The van der Waals surface area contributed by atoms with Crippen molar-refractivity contribution in [2.24, 2.45) is 0 Å². The lowest BCUT2D eigenvalue weighted by molar-refractivity contribution is -0.145. The van der Waals surface area contributed by atoms with Crippen LogP contribution in [0.2, 0.25) is 5.02 Å². The first-order chi connectivity index (χ1) is 13.9. The van der Waals surface area contributed by atoms with Gasteiger partial charge in [0.15, 0.2) is 6.61 Å². The fourth-order valence-electron chi connectivity index (χ4n) is 2.61. The highest BCUT2D eigenvalue weighted by Gasteiger charge is 2.34. The molecule has 0 spiro atoms. The van der Waals surface area contributed by atoms with Gasteiger partial charge in [0, 0.05) is 15.1 Å². The van der Waals surface area contributed by atoms with Gasteiger partial charge >= 0.3 is 5.97 Å². The second-order valence-electron chi connectivity index (χ2n) is 5.90. The number of amides is 2. The van der Waals surface area contributed by atoms with Crippen LogP contribution < -0.4 is 15.2 Å². The molecule has 150 valence electrons. The molecule has 2 aromatic carbocycles. The van der Waals surface area contributed by atoms with Crippen molar-refractivity contribution >= 4 is 57.1 Å². The summed E-state index contributed by atoms with van der Waals surface area (Å²) in [4.78, 5) is 36.8. The first kappa shape index (κ1) is 20.9. The van der Waals surface area contributed by atoms with Crippen LogP contribution >= 0.6 is 27.5 Å². The fourth-order valence-corrected chi connectivity index (χ4v) is 3.18. The zero-order chi connectivity index (χ0) is 21.0. The second kappa shape index (κ2) is 9.11. The molecule has 0 radical (unpaired) electrons. The molecule has 1 heterocycles.